The summed E-state index contributed by atoms with van der Waals surface area (Å²) in [5, 5.41) is 3.12. The molecule has 19 heavy (non-hydrogen) atoms. The number of aryl methyl sites for hydroxylation is 1. The third-order valence-electron chi connectivity index (χ3n) is 2.61. The molecule has 0 saturated heterocycles. The zero-order chi connectivity index (χ0) is 14.0. The average Bonchev–Trinajstić information content (AvgIpc) is 2.74. The lowest BCUT2D eigenvalue weighted by Crippen LogP contribution is -2.26. The Kier molecular flexibility index (Phi) is 4.07. The van der Waals surface area contributed by atoms with Gasteiger partial charge in [-0.1, -0.05) is 11.6 Å². The van der Waals surface area contributed by atoms with E-state index in [1.807, 2.05) is 26.0 Å². The van der Waals surface area contributed by atoms with Gasteiger partial charge < -0.3 is 11.1 Å². The molecule has 0 aliphatic heterocycles. The van der Waals surface area contributed by atoms with Crippen LogP contribution in [0.2, 0.25) is 5.15 Å². The molecule has 100 valence electrons. The summed E-state index contributed by atoms with van der Waals surface area (Å²) in [5.74, 6) is 0.0202. The van der Waals surface area contributed by atoms with Crippen LogP contribution in [0.25, 0.3) is 0 Å². The fraction of sp³-hybridized carbons (Fsp3) is 0.231. The van der Waals surface area contributed by atoms with E-state index in [-0.39, 0.29) is 22.9 Å². The molecule has 1 unspecified atom stereocenters. The molecule has 2 heterocycles. The number of thiophene rings is 1. The third-order valence-corrected chi connectivity index (χ3v) is 3.99. The molecule has 1 atom stereocenters. The van der Waals surface area contributed by atoms with Gasteiger partial charge in [0.05, 0.1) is 6.04 Å². The highest BCUT2D eigenvalue weighted by Crippen LogP contribution is 2.23. The second-order valence-corrected chi connectivity index (χ2v) is 5.95. The standard InChI is InChI=1S/C13H14ClN3OS/c1-7-3-4-10(19-7)8(2)16-13(18)9-5-11(14)17-12(15)6-9/h3-6,8H,1-2H3,(H2,15,17)(H,16,18). The van der Waals surface area contributed by atoms with Crippen molar-refractivity contribution < 1.29 is 4.79 Å². The molecule has 6 heteroatoms. The van der Waals surface area contributed by atoms with Crippen molar-refractivity contribution in [3.05, 3.63) is 44.7 Å². The zero-order valence-electron chi connectivity index (χ0n) is 10.6. The van der Waals surface area contributed by atoms with Crippen LogP contribution in [0.1, 0.15) is 33.1 Å². The first-order valence-corrected chi connectivity index (χ1v) is 6.95. The van der Waals surface area contributed by atoms with E-state index < -0.39 is 0 Å². The summed E-state index contributed by atoms with van der Waals surface area (Å²) >= 11 is 7.44. The third kappa shape index (κ3) is 3.45. The maximum atomic E-state index is 12.1. The summed E-state index contributed by atoms with van der Waals surface area (Å²) in [5.41, 5.74) is 5.98. The molecular weight excluding hydrogens is 282 g/mol. The minimum atomic E-state index is -0.213. The molecule has 1 amide bonds. The van der Waals surface area contributed by atoms with Crippen LogP contribution in [0.5, 0.6) is 0 Å². The zero-order valence-corrected chi connectivity index (χ0v) is 12.2. The SMILES string of the molecule is Cc1ccc(C(C)NC(=O)c2cc(N)nc(Cl)c2)s1. The molecule has 0 fully saturated rings. The van der Waals surface area contributed by atoms with Crippen LogP contribution in [0.3, 0.4) is 0 Å². The number of pyridine rings is 1. The van der Waals surface area contributed by atoms with E-state index in [1.54, 1.807) is 11.3 Å². The normalized spacial score (nSPS) is 12.2. The van der Waals surface area contributed by atoms with Gasteiger partial charge in [0.1, 0.15) is 11.0 Å². The van der Waals surface area contributed by atoms with Crippen molar-refractivity contribution in [2.24, 2.45) is 0 Å². The summed E-state index contributed by atoms with van der Waals surface area (Å²) in [6, 6.07) is 7.00. The highest BCUT2D eigenvalue weighted by atomic mass is 35.5. The van der Waals surface area contributed by atoms with Gasteiger partial charge in [-0.15, -0.1) is 11.3 Å². The van der Waals surface area contributed by atoms with Crippen LogP contribution < -0.4 is 11.1 Å². The summed E-state index contributed by atoms with van der Waals surface area (Å²) in [4.78, 5) is 18.2. The number of carbonyl (C=O) groups is 1. The number of nitrogens with one attached hydrogen (secondary N) is 1. The van der Waals surface area contributed by atoms with Gasteiger partial charge in [0.15, 0.2) is 0 Å². The highest BCUT2D eigenvalue weighted by molar-refractivity contribution is 7.12. The van der Waals surface area contributed by atoms with Crippen molar-refractivity contribution in [2.75, 3.05) is 5.73 Å². The number of hydrogen-bond acceptors (Lipinski definition) is 4. The second-order valence-electron chi connectivity index (χ2n) is 4.25. The predicted molar refractivity (Wildman–Crippen MR) is 78.6 cm³/mol. The molecule has 0 aliphatic carbocycles. The summed E-state index contributed by atoms with van der Waals surface area (Å²) in [6.07, 6.45) is 0. The topological polar surface area (TPSA) is 68.0 Å². The van der Waals surface area contributed by atoms with Gasteiger partial charge >= 0.3 is 0 Å². The van der Waals surface area contributed by atoms with Gasteiger partial charge in [-0.2, -0.15) is 0 Å². The predicted octanol–water partition coefficient (Wildman–Crippen LogP) is 3.18. The number of nitrogens with zero attached hydrogens (tertiary/aromatic N) is 1. The van der Waals surface area contributed by atoms with Crippen LogP contribution in [0.15, 0.2) is 24.3 Å². The number of anilines is 1. The van der Waals surface area contributed by atoms with E-state index in [1.165, 1.54) is 17.0 Å². The number of nitrogens with two attached hydrogens (primary N) is 1. The molecule has 0 spiro atoms. The van der Waals surface area contributed by atoms with E-state index in [9.17, 15) is 4.79 Å². The monoisotopic (exact) mass is 295 g/mol. The highest BCUT2D eigenvalue weighted by Gasteiger charge is 2.14. The van der Waals surface area contributed by atoms with Crippen LogP contribution >= 0.6 is 22.9 Å². The van der Waals surface area contributed by atoms with Gasteiger partial charge in [0, 0.05) is 15.3 Å². The second kappa shape index (κ2) is 5.59. The fourth-order valence-corrected chi connectivity index (χ4v) is 2.78. The molecule has 4 nitrogen and oxygen atoms in total. The lowest BCUT2D eigenvalue weighted by Gasteiger charge is -2.12. The van der Waals surface area contributed by atoms with Crippen LogP contribution in [-0.2, 0) is 0 Å². The Balaban J connectivity index is 2.12. The minimum Gasteiger partial charge on any atom is -0.384 e. The first-order chi connectivity index (χ1) is 8.95. The van der Waals surface area contributed by atoms with E-state index in [2.05, 4.69) is 10.3 Å². The Morgan fingerprint density at radius 2 is 2.21 bits per heavy atom. The van der Waals surface area contributed by atoms with E-state index in [0.29, 0.717) is 5.56 Å². The van der Waals surface area contributed by atoms with Crippen LogP contribution in [-0.4, -0.2) is 10.9 Å². The molecule has 0 aromatic carbocycles. The van der Waals surface area contributed by atoms with Crippen LogP contribution in [0, 0.1) is 6.92 Å². The number of hydrogen-bond donors (Lipinski definition) is 2. The first kappa shape index (κ1) is 13.8. The Bertz CT molecular complexity index is 591. The van der Waals surface area contributed by atoms with E-state index >= 15 is 0 Å². The van der Waals surface area contributed by atoms with Crippen molar-refractivity contribution in [2.45, 2.75) is 19.9 Å². The Hall–Kier alpha value is -1.59. The molecule has 2 aromatic rings. The number of halogens is 1. The van der Waals surface area contributed by atoms with Crippen molar-refractivity contribution in [3.8, 4) is 0 Å². The fourth-order valence-electron chi connectivity index (χ4n) is 1.69. The van der Waals surface area contributed by atoms with Crippen molar-refractivity contribution in [3.63, 3.8) is 0 Å². The molecule has 2 rings (SSSR count). The molecule has 0 aliphatic rings. The van der Waals surface area contributed by atoms with Crippen molar-refractivity contribution in [1.29, 1.82) is 0 Å². The van der Waals surface area contributed by atoms with Crippen LogP contribution in [0.4, 0.5) is 5.82 Å². The Labute approximate surface area is 120 Å². The summed E-state index contributed by atoms with van der Waals surface area (Å²) in [7, 11) is 0. The molecule has 3 N–H and O–H groups in total. The summed E-state index contributed by atoms with van der Waals surface area (Å²) < 4.78 is 0. The first-order valence-electron chi connectivity index (χ1n) is 5.76. The van der Waals surface area contributed by atoms with E-state index in [4.69, 9.17) is 17.3 Å². The largest absolute Gasteiger partial charge is 0.384 e. The number of nitrogen functional groups attached to an aromatic ring is 1. The maximum absolute atomic E-state index is 12.1. The summed E-state index contributed by atoms with van der Waals surface area (Å²) in [6.45, 7) is 3.97. The molecule has 0 saturated carbocycles. The van der Waals surface area contributed by atoms with Gasteiger partial charge in [-0.25, -0.2) is 4.98 Å². The van der Waals surface area contributed by atoms with Gasteiger partial charge in [0.25, 0.3) is 5.91 Å². The average molecular weight is 296 g/mol. The van der Waals surface area contributed by atoms with Gasteiger partial charge in [-0.05, 0) is 38.1 Å². The molecule has 2 aromatic heterocycles. The van der Waals surface area contributed by atoms with E-state index in [0.717, 1.165) is 4.88 Å². The number of aromatic nitrogens is 1. The molecular formula is C13H14ClN3OS. The van der Waals surface area contributed by atoms with Crippen molar-refractivity contribution >= 4 is 34.7 Å². The number of amides is 1. The van der Waals surface area contributed by atoms with Gasteiger partial charge in [-0.3, -0.25) is 4.79 Å². The number of rotatable bonds is 3. The number of carbonyl (C=O) groups excluding carboxylic acids is 1. The Morgan fingerprint density at radius 3 is 2.79 bits per heavy atom. The quantitative estimate of drug-likeness (QED) is 0.855. The molecule has 0 radical (unpaired) electrons. The Morgan fingerprint density at radius 1 is 1.47 bits per heavy atom. The van der Waals surface area contributed by atoms with Gasteiger partial charge in [0.2, 0.25) is 0 Å². The molecule has 0 bridgehead atoms. The smallest absolute Gasteiger partial charge is 0.252 e. The lowest BCUT2D eigenvalue weighted by atomic mass is 10.2. The lowest BCUT2D eigenvalue weighted by molar-refractivity contribution is 0.0940. The minimum absolute atomic E-state index is 0.0561. The van der Waals surface area contributed by atoms with Crippen molar-refractivity contribution in [1.82, 2.24) is 10.3 Å². The maximum Gasteiger partial charge on any atom is 0.252 e.